The Morgan fingerprint density at radius 2 is 2.07 bits per heavy atom. The lowest BCUT2D eigenvalue weighted by atomic mass is 10.1. The second-order valence-electron chi connectivity index (χ2n) is 3.51. The first-order valence-corrected chi connectivity index (χ1v) is 5.17. The Hall–Kier alpha value is -0.610. The van der Waals surface area contributed by atoms with Gasteiger partial charge in [0.1, 0.15) is 0 Å². The third-order valence-corrected chi connectivity index (χ3v) is 2.52. The van der Waals surface area contributed by atoms with Crippen LogP contribution in [0.25, 0.3) is 0 Å². The molecule has 82 valence electrons. The molecule has 1 aliphatic heterocycles. The first-order chi connectivity index (χ1) is 6.76. The molecular formula is C10H19NO3. The fourth-order valence-corrected chi connectivity index (χ4v) is 1.72. The number of carbonyl (C=O) groups is 1. The Bertz CT molecular complexity index is 176. The van der Waals surface area contributed by atoms with Crippen molar-refractivity contribution in [2.45, 2.75) is 25.9 Å². The largest absolute Gasteiger partial charge is 0.468 e. The van der Waals surface area contributed by atoms with Crippen LogP contribution in [-0.4, -0.2) is 50.3 Å². The average Bonchev–Trinajstić information content (AvgIpc) is 2.21. The zero-order chi connectivity index (χ0) is 10.4. The summed E-state index contributed by atoms with van der Waals surface area (Å²) in [5, 5.41) is 0. The summed E-state index contributed by atoms with van der Waals surface area (Å²) < 4.78 is 10.1. The van der Waals surface area contributed by atoms with Gasteiger partial charge in [0.15, 0.2) is 0 Å². The van der Waals surface area contributed by atoms with Crippen LogP contribution in [0.3, 0.4) is 0 Å². The lowest BCUT2D eigenvalue weighted by molar-refractivity contribution is -0.142. The van der Waals surface area contributed by atoms with Crippen molar-refractivity contribution in [1.82, 2.24) is 4.90 Å². The minimum Gasteiger partial charge on any atom is -0.468 e. The van der Waals surface area contributed by atoms with Gasteiger partial charge in [0, 0.05) is 19.7 Å². The minimum atomic E-state index is -0.153. The maximum absolute atomic E-state index is 11.0. The molecule has 1 saturated heterocycles. The van der Waals surface area contributed by atoms with Crippen molar-refractivity contribution in [2.75, 3.05) is 33.4 Å². The van der Waals surface area contributed by atoms with E-state index in [4.69, 9.17) is 4.74 Å². The number of esters is 1. The van der Waals surface area contributed by atoms with Crippen molar-refractivity contribution < 1.29 is 14.3 Å². The summed E-state index contributed by atoms with van der Waals surface area (Å²) in [5.74, 6) is -0.153. The Kier molecular flexibility index (Phi) is 4.90. The van der Waals surface area contributed by atoms with E-state index in [2.05, 4.69) is 9.64 Å². The van der Waals surface area contributed by atoms with E-state index in [0.29, 0.717) is 12.6 Å². The van der Waals surface area contributed by atoms with Crippen LogP contribution in [-0.2, 0) is 14.3 Å². The van der Waals surface area contributed by atoms with E-state index in [1.54, 1.807) is 0 Å². The normalized spacial score (nSPS) is 19.6. The van der Waals surface area contributed by atoms with Crippen LogP contribution in [0.2, 0.25) is 0 Å². The van der Waals surface area contributed by atoms with Gasteiger partial charge in [0.05, 0.1) is 19.8 Å². The van der Waals surface area contributed by atoms with Crippen LogP contribution in [0.15, 0.2) is 0 Å². The number of methoxy groups -OCH3 is 1. The van der Waals surface area contributed by atoms with Gasteiger partial charge in [-0.05, 0) is 19.8 Å². The van der Waals surface area contributed by atoms with E-state index in [0.717, 1.165) is 32.5 Å². The monoisotopic (exact) mass is 201 g/mol. The first-order valence-electron chi connectivity index (χ1n) is 5.17. The molecule has 1 fully saturated rings. The maximum Gasteiger partial charge on any atom is 0.319 e. The maximum atomic E-state index is 11.0. The molecule has 1 heterocycles. The molecule has 1 rings (SSSR count). The van der Waals surface area contributed by atoms with E-state index >= 15 is 0 Å². The van der Waals surface area contributed by atoms with Gasteiger partial charge in [-0.1, -0.05) is 0 Å². The standard InChI is InChI=1S/C10H19NO3/c1-3-14-9-4-6-11(7-5-9)8-10(12)13-2/h9H,3-8H2,1-2H3. The number of piperidine rings is 1. The third-order valence-electron chi connectivity index (χ3n) is 2.52. The fourth-order valence-electron chi connectivity index (χ4n) is 1.72. The second kappa shape index (κ2) is 5.98. The van der Waals surface area contributed by atoms with Gasteiger partial charge in [-0.15, -0.1) is 0 Å². The van der Waals surface area contributed by atoms with Gasteiger partial charge in [-0.2, -0.15) is 0 Å². The molecular weight excluding hydrogens is 182 g/mol. The van der Waals surface area contributed by atoms with Crippen LogP contribution in [0.4, 0.5) is 0 Å². The van der Waals surface area contributed by atoms with Crippen LogP contribution in [0.5, 0.6) is 0 Å². The molecule has 0 amide bonds. The summed E-state index contributed by atoms with van der Waals surface area (Å²) in [5.41, 5.74) is 0. The molecule has 0 spiro atoms. The van der Waals surface area contributed by atoms with Gasteiger partial charge in [0.2, 0.25) is 0 Å². The molecule has 1 aliphatic rings. The number of rotatable bonds is 4. The molecule has 14 heavy (non-hydrogen) atoms. The summed E-state index contributed by atoms with van der Waals surface area (Å²) in [6, 6.07) is 0. The molecule has 0 aliphatic carbocycles. The van der Waals surface area contributed by atoms with E-state index in [1.807, 2.05) is 6.92 Å². The van der Waals surface area contributed by atoms with Crippen LogP contribution >= 0.6 is 0 Å². The predicted octanol–water partition coefficient (Wildman–Crippen LogP) is 0.660. The molecule has 4 heteroatoms. The summed E-state index contributed by atoms with van der Waals surface area (Å²) in [6.07, 6.45) is 2.42. The van der Waals surface area contributed by atoms with Crippen LogP contribution in [0.1, 0.15) is 19.8 Å². The molecule has 0 aromatic heterocycles. The molecule has 0 aromatic carbocycles. The topological polar surface area (TPSA) is 38.8 Å². The summed E-state index contributed by atoms with van der Waals surface area (Å²) in [4.78, 5) is 13.1. The smallest absolute Gasteiger partial charge is 0.319 e. The van der Waals surface area contributed by atoms with Gasteiger partial charge in [-0.25, -0.2) is 0 Å². The first kappa shape index (κ1) is 11.5. The van der Waals surface area contributed by atoms with E-state index < -0.39 is 0 Å². The number of hydrogen-bond donors (Lipinski definition) is 0. The zero-order valence-electron chi connectivity index (χ0n) is 8.99. The van der Waals surface area contributed by atoms with Crippen molar-refractivity contribution in [1.29, 1.82) is 0 Å². The Labute approximate surface area is 85.2 Å². The Morgan fingerprint density at radius 1 is 1.43 bits per heavy atom. The molecule has 4 nitrogen and oxygen atoms in total. The van der Waals surface area contributed by atoms with Gasteiger partial charge in [0.25, 0.3) is 0 Å². The Morgan fingerprint density at radius 3 is 2.57 bits per heavy atom. The highest BCUT2D eigenvalue weighted by Crippen LogP contribution is 2.13. The number of likely N-dealkylation sites (tertiary alicyclic amines) is 1. The van der Waals surface area contributed by atoms with Crippen molar-refractivity contribution in [3.63, 3.8) is 0 Å². The van der Waals surface area contributed by atoms with Crippen molar-refractivity contribution in [3.8, 4) is 0 Å². The van der Waals surface area contributed by atoms with E-state index in [-0.39, 0.29) is 5.97 Å². The number of ether oxygens (including phenoxy) is 2. The lowest BCUT2D eigenvalue weighted by Gasteiger charge is -2.30. The van der Waals surface area contributed by atoms with Gasteiger partial charge >= 0.3 is 5.97 Å². The summed E-state index contributed by atoms with van der Waals surface area (Å²) in [6.45, 7) is 5.07. The minimum absolute atomic E-state index is 0.153. The summed E-state index contributed by atoms with van der Waals surface area (Å²) >= 11 is 0. The third kappa shape index (κ3) is 3.64. The van der Waals surface area contributed by atoms with Gasteiger partial charge < -0.3 is 9.47 Å². The molecule has 0 aromatic rings. The predicted molar refractivity (Wildman–Crippen MR) is 53.1 cm³/mol. The fraction of sp³-hybridized carbons (Fsp3) is 0.900. The van der Waals surface area contributed by atoms with Gasteiger partial charge in [-0.3, -0.25) is 9.69 Å². The van der Waals surface area contributed by atoms with Crippen molar-refractivity contribution in [3.05, 3.63) is 0 Å². The molecule has 0 saturated carbocycles. The molecule has 0 bridgehead atoms. The highest BCUT2D eigenvalue weighted by molar-refractivity contribution is 5.71. The lowest BCUT2D eigenvalue weighted by Crippen LogP contribution is -2.40. The van der Waals surface area contributed by atoms with Crippen molar-refractivity contribution >= 4 is 5.97 Å². The SMILES string of the molecule is CCOC1CCN(CC(=O)OC)CC1. The van der Waals surface area contributed by atoms with Crippen LogP contribution in [0, 0.1) is 0 Å². The van der Waals surface area contributed by atoms with E-state index in [1.165, 1.54) is 7.11 Å². The molecule has 0 unspecified atom stereocenters. The summed E-state index contributed by atoms with van der Waals surface area (Å²) in [7, 11) is 1.43. The zero-order valence-corrected chi connectivity index (χ0v) is 8.99. The highest BCUT2D eigenvalue weighted by Gasteiger charge is 2.20. The van der Waals surface area contributed by atoms with Crippen molar-refractivity contribution in [2.24, 2.45) is 0 Å². The number of nitrogens with zero attached hydrogens (tertiary/aromatic N) is 1. The second-order valence-corrected chi connectivity index (χ2v) is 3.51. The average molecular weight is 201 g/mol. The molecule has 0 radical (unpaired) electrons. The Balaban J connectivity index is 2.18. The molecule has 0 N–H and O–H groups in total. The highest BCUT2D eigenvalue weighted by atomic mass is 16.5. The number of hydrogen-bond acceptors (Lipinski definition) is 4. The number of carbonyl (C=O) groups excluding carboxylic acids is 1. The molecule has 0 atom stereocenters. The van der Waals surface area contributed by atoms with Crippen LogP contribution < -0.4 is 0 Å². The quantitative estimate of drug-likeness (QED) is 0.626. The van der Waals surface area contributed by atoms with E-state index in [9.17, 15) is 4.79 Å².